The fourth-order valence-electron chi connectivity index (χ4n) is 4.81. The molecule has 0 radical (unpaired) electrons. The number of rotatable bonds is 9. The average Bonchev–Trinajstić information content (AvgIpc) is 3.14. The molecule has 5 heteroatoms. The Morgan fingerprint density at radius 3 is 2.29 bits per heavy atom. The minimum absolute atomic E-state index is 0.202. The lowest BCUT2D eigenvalue weighted by Crippen LogP contribution is -2.25. The SMILES string of the molecule is Cc1cc(C)c(OCC(O)Cn2c(COc3ccc(C(C)C)c(C)c3)nc3ccccc32)c(C)c1. The molecule has 1 atom stereocenters. The standard InChI is InChI=1S/C30H36N2O3/c1-19(2)26-12-11-25(15-21(26)4)34-18-29-31-27-9-7-8-10-28(27)32(29)16-24(33)17-35-30-22(5)13-20(3)14-23(30)6/h7-15,19,24,33H,16-18H2,1-6H3. The first-order chi connectivity index (χ1) is 16.7. The van der Waals surface area contributed by atoms with E-state index in [0.717, 1.165) is 39.5 Å². The van der Waals surface area contributed by atoms with Crippen molar-refractivity contribution >= 4 is 11.0 Å². The topological polar surface area (TPSA) is 56.5 Å². The van der Waals surface area contributed by atoms with Crippen LogP contribution in [0.5, 0.6) is 11.5 Å². The fourth-order valence-corrected chi connectivity index (χ4v) is 4.81. The maximum atomic E-state index is 10.9. The van der Waals surface area contributed by atoms with Gasteiger partial charge < -0.3 is 19.1 Å². The molecule has 0 spiro atoms. The van der Waals surface area contributed by atoms with Gasteiger partial charge in [-0.3, -0.25) is 0 Å². The number of imidazole rings is 1. The van der Waals surface area contributed by atoms with Crippen molar-refractivity contribution in [2.75, 3.05) is 6.61 Å². The van der Waals surface area contributed by atoms with E-state index < -0.39 is 6.10 Å². The number of hydrogen-bond donors (Lipinski definition) is 1. The van der Waals surface area contributed by atoms with Crippen LogP contribution in [0, 0.1) is 27.7 Å². The minimum atomic E-state index is -0.695. The Morgan fingerprint density at radius 2 is 1.60 bits per heavy atom. The second-order valence-corrected chi connectivity index (χ2v) is 9.78. The highest BCUT2D eigenvalue weighted by Gasteiger charge is 2.17. The van der Waals surface area contributed by atoms with E-state index in [0.29, 0.717) is 19.1 Å². The predicted octanol–water partition coefficient (Wildman–Crippen LogP) is 6.41. The number of hydrogen-bond acceptors (Lipinski definition) is 4. The van der Waals surface area contributed by atoms with Gasteiger partial charge in [-0.1, -0.05) is 49.7 Å². The highest BCUT2D eigenvalue weighted by atomic mass is 16.5. The Kier molecular flexibility index (Phi) is 7.46. The molecule has 0 aliphatic carbocycles. The van der Waals surface area contributed by atoms with Crippen molar-refractivity contribution in [3.05, 3.63) is 88.2 Å². The largest absolute Gasteiger partial charge is 0.490 e. The molecule has 184 valence electrons. The van der Waals surface area contributed by atoms with Crippen molar-refractivity contribution in [2.24, 2.45) is 0 Å². The predicted molar refractivity (Wildman–Crippen MR) is 141 cm³/mol. The summed E-state index contributed by atoms with van der Waals surface area (Å²) in [4.78, 5) is 4.79. The molecule has 1 aromatic heterocycles. The van der Waals surface area contributed by atoms with Crippen LogP contribution in [0.1, 0.15) is 53.4 Å². The van der Waals surface area contributed by atoms with E-state index in [2.05, 4.69) is 52.0 Å². The average molecular weight is 473 g/mol. The molecule has 4 rings (SSSR count). The molecule has 35 heavy (non-hydrogen) atoms. The summed E-state index contributed by atoms with van der Waals surface area (Å²) in [5, 5.41) is 10.9. The Morgan fingerprint density at radius 1 is 0.886 bits per heavy atom. The fraction of sp³-hybridized carbons (Fsp3) is 0.367. The van der Waals surface area contributed by atoms with Crippen LogP contribution in [-0.4, -0.2) is 27.4 Å². The molecule has 0 saturated heterocycles. The molecule has 0 fully saturated rings. The maximum Gasteiger partial charge on any atom is 0.148 e. The van der Waals surface area contributed by atoms with E-state index in [1.54, 1.807) is 0 Å². The van der Waals surface area contributed by atoms with Crippen molar-refractivity contribution in [3.8, 4) is 11.5 Å². The monoisotopic (exact) mass is 472 g/mol. The van der Waals surface area contributed by atoms with Crippen LogP contribution in [0.25, 0.3) is 11.0 Å². The van der Waals surface area contributed by atoms with Gasteiger partial charge in [0.25, 0.3) is 0 Å². The van der Waals surface area contributed by atoms with Crippen LogP contribution in [0.3, 0.4) is 0 Å². The van der Waals surface area contributed by atoms with Gasteiger partial charge in [0.05, 0.1) is 17.6 Å². The number of aliphatic hydroxyl groups is 1. The lowest BCUT2D eigenvalue weighted by molar-refractivity contribution is 0.0911. The molecule has 0 bridgehead atoms. The summed E-state index contributed by atoms with van der Waals surface area (Å²) in [7, 11) is 0. The second kappa shape index (κ2) is 10.5. The van der Waals surface area contributed by atoms with Crippen LogP contribution >= 0.6 is 0 Å². The van der Waals surface area contributed by atoms with Crippen molar-refractivity contribution in [2.45, 2.75) is 66.7 Å². The summed E-state index contributed by atoms with van der Waals surface area (Å²) < 4.78 is 14.2. The molecule has 1 N–H and O–H groups in total. The van der Waals surface area contributed by atoms with E-state index in [4.69, 9.17) is 14.5 Å². The summed E-state index contributed by atoms with van der Waals surface area (Å²) in [6, 6.07) is 18.4. The van der Waals surface area contributed by atoms with E-state index in [1.807, 2.05) is 48.7 Å². The third-order valence-electron chi connectivity index (χ3n) is 6.38. The molecule has 0 amide bonds. The number of aromatic nitrogens is 2. The van der Waals surface area contributed by atoms with Crippen molar-refractivity contribution in [1.82, 2.24) is 9.55 Å². The molecule has 1 unspecified atom stereocenters. The zero-order valence-corrected chi connectivity index (χ0v) is 21.6. The zero-order valence-electron chi connectivity index (χ0n) is 21.6. The normalized spacial score (nSPS) is 12.3. The third kappa shape index (κ3) is 5.68. The Labute approximate surface area is 208 Å². The molecular formula is C30H36N2O3. The molecule has 0 saturated carbocycles. The highest BCUT2D eigenvalue weighted by Crippen LogP contribution is 2.26. The van der Waals surface area contributed by atoms with Gasteiger partial charge in [-0.05, 0) is 80.1 Å². The second-order valence-electron chi connectivity index (χ2n) is 9.78. The zero-order chi connectivity index (χ0) is 25.1. The van der Waals surface area contributed by atoms with Gasteiger partial charge in [0, 0.05) is 0 Å². The van der Waals surface area contributed by atoms with E-state index >= 15 is 0 Å². The third-order valence-corrected chi connectivity index (χ3v) is 6.38. The molecule has 3 aromatic carbocycles. The Balaban J connectivity index is 1.50. The summed E-state index contributed by atoms with van der Waals surface area (Å²) in [5.74, 6) is 2.91. The number of ether oxygens (including phenoxy) is 2. The molecule has 0 aliphatic heterocycles. The number of benzene rings is 3. The number of fused-ring (bicyclic) bond motifs is 1. The Hall–Kier alpha value is -3.31. The van der Waals surface area contributed by atoms with Gasteiger partial charge >= 0.3 is 0 Å². The van der Waals surface area contributed by atoms with Gasteiger partial charge in [-0.2, -0.15) is 0 Å². The van der Waals surface area contributed by atoms with Crippen LogP contribution < -0.4 is 9.47 Å². The molecule has 0 aliphatic rings. The lowest BCUT2D eigenvalue weighted by Gasteiger charge is -2.18. The van der Waals surface area contributed by atoms with Crippen LogP contribution in [0.2, 0.25) is 0 Å². The van der Waals surface area contributed by atoms with Crippen molar-refractivity contribution in [3.63, 3.8) is 0 Å². The van der Waals surface area contributed by atoms with Crippen LogP contribution in [0.15, 0.2) is 54.6 Å². The van der Waals surface area contributed by atoms with Gasteiger partial charge in [0.15, 0.2) is 0 Å². The van der Waals surface area contributed by atoms with Gasteiger partial charge in [0.1, 0.15) is 36.6 Å². The summed E-state index contributed by atoms with van der Waals surface area (Å²) in [6.07, 6.45) is -0.695. The number of aryl methyl sites for hydroxylation is 4. The van der Waals surface area contributed by atoms with Gasteiger partial charge in [-0.25, -0.2) is 4.98 Å². The van der Waals surface area contributed by atoms with Crippen LogP contribution in [0.4, 0.5) is 0 Å². The molecular weight excluding hydrogens is 436 g/mol. The quantitative estimate of drug-likeness (QED) is 0.306. The van der Waals surface area contributed by atoms with Crippen LogP contribution in [-0.2, 0) is 13.2 Å². The number of aliphatic hydroxyl groups excluding tert-OH is 1. The first kappa shape index (κ1) is 24.8. The highest BCUT2D eigenvalue weighted by molar-refractivity contribution is 5.75. The van der Waals surface area contributed by atoms with E-state index in [1.165, 1.54) is 16.7 Å². The number of para-hydroxylation sites is 2. The van der Waals surface area contributed by atoms with Crippen molar-refractivity contribution in [1.29, 1.82) is 0 Å². The van der Waals surface area contributed by atoms with E-state index in [9.17, 15) is 5.11 Å². The van der Waals surface area contributed by atoms with Gasteiger partial charge in [-0.15, -0.1) is 0 Å². The first-order valence-electron chi connectivity index (χ1n) is 12.3. The smallest absolute Gasteiger partial charge is 0.148 e. The number of nitrogens with zero attached hydrogens (tertiary/aromatic N) is 2. The maximum absolute atomic E-state index is 10.9. The summed E-state index contributed by atoms with van der Waals surface area (Å²) in [6.45, 7) is 13.5. The first-order valence-corrected chi connectivity index (χ1v) is 12.3. The molecule has 1 heterocycles. The minimum Gasteiger partial charge on any atom is -0.490 e. The summed E-state index contributed by atoms with van der Waals surface area (Å²) in [5.41, 5.74) is 7.77. The molecule has 4 aromatic rings. The molecule has 5 nitrogen and oxygen atoms in total. The van der Waals surface area contributed by atoms with Crippen molar-refractivity contribution < 1.29 is 14.6 Å². The lowest BCUT2D eigenvalue weighted by atomic mass is 9.98. The Bertz CT molecular complexity index is 1300. The summed E-state index contributed by atoms with van der Waals surface area (Å²) >= 11 is 0. The van der Waals surface area contributed by atoms with E-state index in [-0.39, 0.29) is 6.61 Å². The van der Waals surface area contributed by atoms with Gasteiger partial charge in [0.2, 0.25) is 0 Å².